The Hall–Kier alpha value is -2.66. The average molecular weight is 367 g/mol. The fourth-order valence-corrected chi connectivity index (χ4v) is 3.78. The molecule has 1 aliphatic carbocycles. The highest BCUT2D eigenvalue weighted by Crippen LogP contribution is 2.47. The van der Waals surface area contributed by atoms with Gasteiger partial charge in [-0.25, -0.2) is 5.48 Å². The van der Waals surface area contributed by atoms with Crippen LogP contribution in [-0.2, 0) is 10.8 Å². The molecule has 1 amide bonds. The SMILES string of the molecule is CC1(C)CCC(C)(C)c2cc(C(=O)c3ccc(C(=O)NO)cc3)c(O)cc21. The van der Waals surface area contributed by atoms with Crippen LogP contribution >= 0.6 is 0 Å². The number of phenolic OH excluding ortho intramolecular Hbond substituents is 1. The Labute approximate surface area is 159 Å². The van der Waals surface area contributed by atoms with E-state index in [2.05, 4.69) is 27.7 Å². The number of phenols is 1. The minimum absolute atomic E-state index is 0.0262. The van der Waals surface area contributed by atoms with E-state index in [4.69, 9.17) is 5.21 Å². The summed E-state index contributed by atoms with van der Waals surface area (Å²) in [7, 11) is 0. The number of nitrogens with one attached hydrogen (secondary N) is 1. The highest BCUT2D eigenvalue weighted by Gasteiger charge is 2.38. The number of rotatable bonds is 3. The van der Waals surface area contributed by atoms with Gasteiger partial charge >= 0.3 is 0 Å². The normalized spacial score (nSPS) is 17.1. The van der Waals surface area contributed by atoms with Gasteiger partial charge in [-0.05, 0) is 59.1 Å². The summed E-state index contributed by atoms with van der Waals surface area (Å²) in [5, 5.41) is 19.2. The van der Waals surface area contributed by atoms with Crippen molar-refractivity contribution in [2.24, 2.45) is 0 Å². The van der Waals surface area contributed by atoms with Gasteiger partial charge in [-0.15, -0.1) is 0 Å². The zero-order valence-corrected chi connectivity index (χ0v) is 16.1. The molecule has 0 bridgehead atoms. The molecule has 3 rings (SSSR count). The summed E-state index contributed by atoms with van der Waals surface area (Å²) in [5.41, 5.74) is 4.49. The van der Waals surface area contributed by atoms with Gasteiger partial charge in [0.05, 0.1) is 5.56 Å². The van der Waals surface area contributed by atoms with Crippen molar-refractivity contribution in [2.45, 2.75) is 51.4 Å². The fraction of sp³-hybridized carbons (Fsp3) is 0.364. The molecular formula is C22H25NO4. The Balaban J connectivity index is 2.05. The van der Waals surface area contributed by atoms with Gasteiger partial charge < -0.3 is 5.11 Å². The van der Waals surface area contributed by atoms with E-state index >= 15 is 0 Å². The van der Waals surface area contributed by atoms with Crippen LogP contribution in [0.25, 0.3) is 0 Å². The Morgan fingerprint density at radius 3 is 1.89 bits per heavy atom. The Morgan fingerprint density at radius 1 is 0.889 bits per heavy atom. The van der Waals surface area contributed by atoms with Crippen molar-refractivity contribution in [3.8, 4) is 5.75 Å². The Morgan fingerprint density at radius 2 is 1.37 bits per heavy atom. The van der Waals surface area contributed by atoms with Crippen molar-refractivity contribution < 1.29 is 19.9 Å². The van der Waals surface area contributed by atoms with Gasteiger partial charge in [-0.2, -0.15) is 0 Å². The molecule has 0 saturated carbocycles. The van der Waals surface area contributed by atoms with Crippen LogP contribution in [-0.4, -0.2) is 22.0 Å². The molecule has 0 aliphatic heterocycles. The monoisotopic (exact) mass is 367 g/mol. The highest BCUT2D eigenvalue weighted by atomic mass is 16.5. The van der Waals surface area contributed by atoms with E-state index in [0.717, 1.165) is 24.0 Å². The smallest absolute Gasteiger partial charge is 0.274 e. The molecule has 0 spiro atoms. The van der Waals surface area contributed by atoms with Gasteiger partial charge in [0.15, 0.2) is 5.78 Å². The molecule has 0 atom stereocenters. The number of hydrogen-bond acceptors (Lipinski definition) is 4. The van der Waals surface area contributed by atoms with Crippen molar-refractivity contribution >= 4 is 11.7 Å². The third kappa shape index (κ3) is 3.35. The van der Waals surface area contributed by atoms with Crippen LogP contribution in [0.4, 0.5) is 0 Å². The predicted molar refractivity (Wildman–Crippen MR) is 103 cm³/mol. The zero-order valence-electron chi connectivity index (χ0n) is 16.1. The second-order valence-electron chi connectivity index (χ2n) is 8.53. The van der Waals surface area contributed by atoms with E-state index in [-0.39, 0.29) is 33.5 Å². The molecule has 0 saturated heterocycles. The van der Waals surface area contributed by atoms with Crippen LogP contribution in [0.2, 0.25) is 0 Å². The third-order valence-electron chi connectivity index (χ3n) is 5.72. The first kappa shape index (κ1) is 19.1. The average Bonchev–Trinajstić information content (AvgIpc) is 2.64. The lowest BCUT2D eigenvalue weighted by molar-refractivity contribution is 0.0706. The first-order valence-corrected chi connectivity index (χ1v) is 9.04. The number of fused-ring (bicyclic) bond motifs is 1. The second-order valence-corrected chi connectivity index (χ2v) is 8.53. The van der Waals surface area contributed by atoms with Crippen LogP contribution in [0, 0.1) is 0 Å². The number of hydrogen-bond donors (Lipinski definition) is 3. The lowest BCUT2D eigenvalue weighted by Gasteiger charge is -2.42. The van der Waals surface area contributed by atoms with Crippen molar-refractivity contribution in [3.05, 3.63) is 64.2 Å². The molecule has 2 aromatic rings. The highest BCUT2D eigenvalue weighted by molar-refractivity contribution is 6.11. The lowest BCUT2D eigenvalue weighted by atomic mass is 9.62. The second kappa shape index (κ2) is 6.50. The molecule has 0 unspecified atom stereocenters. The van der Waals surface area contributed by atoms with Gasteiger partial charge in [0, 0.05) is 11.1 Å². The largest absolute Gasteiger partial charge is 0.507 e. The summed E-state index contributed by atoms with van der Waals surface area (Å²) in [6.07, 6.45) is 2.03. The van der Waals surface area contributed by atoms with E-state index < -0.39 is 5.91 Å². The maximum absolute atomic E-state index is 13.0. The predicted octanol–water partition coefficient (Wildman–Crippen LogP) is 4.09. The Kier molecular flexibility index (Phi) is 4.60. The summed E-state index contributed by atoms with van der Waals surface area (Å²) in [4.78, 5) is 24.4. The van der Waals surface area contributed by atoms with E-state index in [9.17, 15) is 14.7 Å². The molecule has 142 valence electrons. The minimum atomic E-state index is -0.644. The van der Waals surface area contributed by atoms with E-state index in [0.29, 0.717) is 5.56 Å². The standard InChI is InChI=1S/C22H25NO4/c1-21(2)9-10-22(3,4)17-12-18(24)15(11-16(17)21)19(25)13-5-7-14(8-6-13)20(26)23-27/h5-8,11-12,24,27H,9-10H2,1-4H3,(H,23,26). The molecular weight excluding hydrogens is 342 g/mol. The molecule has 5 heteroatoms. The maximum atomic E-state index is 13.0. The zero-order chi connectivity index (χ0) is 20.0. The summed E-state index contributed by atoms with van der Waals surface area (Å²) in [6.45, 7) is 8.64. The number of carbonyl (C=O) groups excluding carboxylic acids is 2. The minimum Gasteiger partial charge on any atom is -0.507 e. The number of ketones is 1. The third-order valence-corrected chi connectivity index (χ3v) is 5.72. The van der Waals surface area contributed by atoms with E-state index in [1.165, 1.54) is 24.3 Å². The van der Waals surface area contributed by atoms with Crippen LogP contribution in [0.1, 0.15) is 77.9 Å². The van der Waals surface area contributed by atoms with Crippen LogP contribution in [0.15, 0.2) is 36.4 Å². The molecule has 0 fully saturated rings. The summed E-state index contributed by atoms with van der Waals surface area (Å²) in [6, 6.07) is 9.50. The van der Waals surface area contributed by atoms with Gasteiger partial charge in [-0.3, -0.25) is 14.8 Å². The first-order chi connectivity index (χ1) is 12.6. The van der Waals surface area contributed by atoms with E-state index in [1.54, 1.807) is 11.5 Å². The number of hydroxylamine groups is 1. The first-order valence-electron chi connectivity index (χ1n) is 9.04. The number of carbonyl (C=O) groups is 2. The van der Waals surface area contributed by atoms with Gasteiger partial charge in [0.25, 0.3) is 5.91 Å². The summed E-state index contributed by atoms with van der Waals surface area (Å²) in [5.74, 6) is -0.971. The van der Waals surface area contributed by atoms with Crippen LogP contribution in [0.3, 0.4) is 0 Å². The van der Waals surface area contributed by atoms with Crippen LogP contribution < -0.4 is 5.48 Å². The molecule has 2 aromatic carbocycles. The maximum Gasteiger partial charge on any atom is 0.274 e. The van der Waals surface area contributed by atoms with E-state index in [1.807, 2.05) is 6.07 Å². The van der Waals surface area contributed by atoms with Crippen molar-refractivity contribution in [1.82, 2.24) is 5.48 Å². The quantitative estimate of drug-likeness (QED) is 0.433. The summed E-state index contributed by atoms with van der Waals surface area (Å²) >= 11 is 0. The molecule has 27 heavy (non-hydrogen) atoms. The molecule has 5 nitrogen and oxygen atoms in total. The van der Waals surface area contributed by atoms with Crippen molar-refractivity contribution in [1.29, 1.82) is 0 Å². The fourth-order valence-electron chi connectivity index (χ4n) is 3.78. The van der Waals surface area contributed by atoms with Crippen LogP contribution in [0.5, 0.6) is 5.75 Å². The molecule has 1 aliphatic rings. The molecule has 0 heterocycles. The Bertz CT molecular complexity index is 911. The van der Waals surface area contributed by atoms with Crippen molar-refractivity contribution in [2.75, 3.05) is 0 Å². The molecule has 0 aromatic heterocycles. The number of aromatic hydroxyl groups is 1. The topological polar surface area (TPSA) is 86.6 Å². The lowest BCUT2D eigenvalue weighted by Crippen LogP contribution is -2.34. The van der Waals surface area contributed by atoms with Gasteiger partial charge in [0.1, 0.15) is 5.75 Å². The summed E-state index contributed by atoms with van der Waals surface area (Å²) < 4.78 is 0. The number of benzene rings is 2. The van der Waals surface area contributed by atoms with Gasteiger partial charge in [0.2, 0.25) is 0 Å². The van der Waals surface area contributed by atoms with Crippen molar-refractivity contribution in [3.63, 3.8) is 0 Å². The van der Waals surface area contributed by atoms with Gasteiger partial charge in [-0.1, -0.05) is 39.8 Å². The number of amides is 1. The molecule has 3 N–H and O–H groups in total. The molecule has 0 radical (unpaired) electrons.